The zero-order chi connectivity index (χ0) is 18.4. The normalized spacial score (nSPS) is 14.0. The van der Waals surface area contributed by atoms with E-state index in [0.29, 0.717) is 12.1 Å². The molecule has 0 bridgehead atoms. The number of aromatic nitrogens is 2. The number of hydrogen-bond donors (Lipinski definition) is 0. The van der Waals surface area contributed by atoms with Gasteiger partial charge in [-0.05, 0) is 28.1 Å². The van der Waals surface area contributed by atoms with Crippen molar-refractivity contribution in [1.29, 1.82) is 0 Å². The Hall–Kier alpha value is -0.0600. The molecule has 0 aliphatic heterocycles. The molecule has 2 rings (SSSR count). The molecule has 24 heavy (non-hydrogen) atoms. The summed E-state index contributed by atoms with van der Waals surface area (Å²) in [6.45, 7) is 0. The summed E-state index contributed by atoms with van der Waals surface area (Å²) in [5, 5.41) is -1.08. The van der Waals surface area contributed by atoms with E-state index in [0.717, 1.165) is 10.8 Å². The van der Waals surface area contributed by atoms with Gasteiger partial charge >= 0.3 is 10.1 Å². The zero-order valence-corrected chi connectivity index (χ0v) is 16.3. The van der Waals surface area contributed by atoms with Crippen LogP contribution in [0.5, 0.6) is 0 Å². The van der Waals surface area contributed by atoms with Crippen molar-refractivity contribution in [1.82, 2.24) is 9.55 Å². The first-order valence-corrected chi connectivity index (χ1v) is 9.08. The van der Waals surface area contributed by atoms with E-state index < -0.39 is 26.5 Å². The van der Waals surface area contributed by atoms with Crippen molar-refractivity contribution in [3.8, 4) is 5.69 Å². The summed E-state index contributed by atoms with van der Waals surface area (Å²) >= 11 is 25.0. The molecule has 1 aromatic carbocycles. The van der Waals surface area contributed by atoms with E-state index in [9.17, 15) is 21.8 Å². The largest absolute Gasteiger partial charge is 0.416 e. The molecule has 1 aromatic heterocycles. The van der Waals surface area contributed by atoms with Gasteiger partial charge in [-0.1, -0.05) is 46.4 Å². The molecule has 0 saturated carbocycles. The van der Waals surface area contributed by atoms with Crippen LogP contribution in [-0.2, 0) is 17.0 Å². The van der Waals surface area contributed by atoms with Crippen LogP contribution in [0.25, 0.3) is 5.69 Å². The van der Waals surface area contributed by atoms with E-state index in [1.54, 1.807) is 0 Å². The van der Waals surface area contributed by atoms with Crippen LogP contribution in [0.15, 0.2) is 28.1 Å². The van der Waals surface area contributed by atoms with Crippen molar-refractivity contribution < 1.29 is 21.8 Å². The molecular formula is C11H3BrCl4F4N2OS. The van der Waals surface area contributed by atoms with Crippen molar-refractivity contribution in [3.63, 3.8) is 0 Å². The lowest BCUT2D eigenvalue weighted by atomic mass is 10.2. The Morgan fingerprint density at radius 2 is 1.62 bits per heavy atom. The molecule has 0 aliphatic rings. The Bertz CT molecular complexity index is 798. The van der Waals surface area contributed by atoms with Crippen molar-refractivity contribution >= 4 is 73.1 Å². The van der Waals surface area contributed by atoms with E-state index in [4.69, 9.17) is 46.4 Å². The maximum Gasteiger partial charge on any atom is 0.416 e. The molecule has 0 aliphatic carbocycles. The van der Waals surface area contributed by atoms with Crippen LogP contribution >= 0.6 is 62.3 Å². The van der Waals surface area contributed by atoms with Crippen LogP contribution in [0.1, 0.15) is 5.56 Å². The second-order valence-electron chi connectivity index (χ2n) is 4.22. The fourth-order valence-electron chi connectivity index (χ4n) is 1.66. The first-order chi connectivity index (χ1) is 10.8. The maximum absolute atomic E-state index is 13.3. The summed E-state index contributed by atoms with van der Waals surface area (Å²) in [7, 11) is -2.56. The van der Waals surface area contributed by atoms with E-state index in [1.165, 1.54) is 0 Å². The summed E-state index contributed by atoms with van der Waals surface area (Å²) in [5.74, 6) is 0. The maximum atomic E-state index is 13.3. The Kier molecular flexibility index (Phi) is 5.84. The lowest BCUT2D eigenvalue weighted by Crippen LogP contribution is -2.13. The zero-order valence-electron chi connectivity index (χ0n) is 10.8. The number of alkyl halides is 6. The van der Waals surface area contributed by atoms with Gasteiger partial charge in [-0.2, -0.15) is 17.6 Å². The van der Waals surface area contributed by atoms with Crippen molar-refractivity contribution in [2.45, 2.75) is 15.1 Å². The minimum absolute atomic E-state index is 0.0491. The van der Waals surface area contributed by atoms with Gasteiger partial charge < -0.3 is 0 Å². The van der Waals surface area contributed by atoms with Gasteiger partial charge in [0.15, 0.2) is 9.76 Å². The second-order valence-corrected chi connectivity index (χ2v) is 8.94. The van der Waals surface area contributed by atoms with Crippen LogP contribution in [0, 0.1) is 0 Å². The van der Waals surface area contributed by atoms with Crippen LogP contribution < -0.4 is 0 Å². The number of halogens is 9. The second kappa shape index (κ2) is 6.92. The van der Waals surface area contributed by atoms with Gasteiger partial charge in [0.05, 0.1) is 21.3 Å². The molecule has 3 nitrogen and oxygen atoms in total. The summed E-state index contributed by atoms with van der Waals surface area (Å²) in [5.41, 5.74) is -1.13. The van der Waals surface area contributed by atoms with Crippen LogP contribution in [-0.4, -0.2) is 17.7 Å². The summed E-state index contributed by atoms with van der Waals surface area (Å²) in [6, 6.07) is 1.32. The summed E-state index contributed by atoms with van der Waals surface area (Å²) in [6.07, 6.45) is -3.62. The summed E-state index contributed by atoms with van der Waals surface area (Å²) in [4.78, 5) is 3.74. The predicted molar refractivity (Wildman–Crippen MR) is 88.2 cm³/mol. The van der Waals surface area contributed by atoms with Gasteiger partial charge in [0.2, 0.25) is 0 Å². The predicted octanol–water partition coefficient (Wildman–Crippen LogP) is 6.13. The van der Waals surface area contributed by atoms with Crippen LogP contribution in [0.3, 0.4) is 0 Å². The molecule has 0 amide bonds. The third-order valence-electron chi connectivity index (χ3n) is 2.63. The van der Waals surface area contributed by atoms with Crippen molar-refractivity contribution in [3.05, 3.63) is 38.7 Å². The summed E-state index contributed by atoms with van der Waals surface area (Å²) < 4.78 is 61.3. The van der Waals surface area contributed by atoms with E-state index in [2.05, 4.69) is 20.9 Å². The molecule has 0 N–H and O–H groups in total. The molecule has 0 spiro atoms. The fraction of sp³-hybridized carbons (Fsp3) is 0.182. The average molecular weight is 509 g/mol. The Balaban J connectivity index is 2.58. The lowest BCUT2D eigenvalue weighted by Gasteiger charge is -2.13. The smallest absolute Gasteiger partial charge is 0.290 e. The third kappa shape index (κ3) is 4.19. The molecule has 0 radical (unpaired) electrons. The van der Waals surface area contributed by atoms with Crippen molar-refractivity contribution in [2.24, 2.45) is 0 Å². The number of benzene rings is 1. The van der Waals surface area contributed by atoms with Gasteiger partial charge in [-0.3, -0.25) is 4.57 Å². The van der Waals surface area contributed by atoms with Gasteiger partial charge in [0, 0.05) is 6.20 Å². The van der Waals surface area contributed by atoms with Crippen molar-refractivity contribution in [2.75, 3.05) is 0 Å². The quantitative estimate of drug-likeness (QED) is 0.369. The van der Waals surface area contributed by atoms with Crippen LogP contribution in [0.2, 0.25) is 10.0 Å². The molecular weight excluding hydrogens is 506 g/mol. The minimum Gasteiger partial charge on any atom is -0.290 e. The third-order valence-corrected chi connectivity index (χ3v) is 5.60. The standard InChI is InChI=1S/C11H3BrCl4F4N2OS/c12-9-21-7(24(23)11(15,16)20)3-22(9)8-5(13)1-4(2-6(8)14)10(17,18)19/h1-3H. The molecule has 1 heterocycles. The van der Waals surface area contributed by atoms with Gasteiger partial charge in [-0.25, -0.2) is 9.19 Å². The monoisotopic (exact) mass is 506 g/mol. The number of nitrogens with zero attached hydrogens (tertiary/aromatic N) is 2. The van der Waals surface area contributed by atoms with Gasteiger partial charge in [-0.15, -0.1) is 0 Å². The molecule has 13 heteroatoms. The molecule has 132 valence electrons. The Morgan fingerprint density at radius 1 is 1.12 bits per heavy atom. The first-order valence-electron chi connectivity index (χ1n) is 5.62. The van der Waals surface area contributed by atoms with E-state index >= 15 is 0 Å². The average Bonchev–Trinajstić information content (AvgIpc) is 2.77. The first kappa shape index (κ1) is 20.3. The fourth-order valence-corrected chi connectivity index (χ4v) is 4.00. The topological polar surface area (TPSA) is 34.9 Å². The highest BCUT2D eigenvalue weighted by Crippen LogP contribution is 2.39. The highest BCUT2D eigenvalue weighted by Gasteiger charge is 2.36. The Labute approximate surface area is 163 Å². The van der Waals surface area contributed by atoms with Gasteiger partial charge in [0.25, 0.3) is 0 Å². The Morgan fingerprint density at radius 3 is 2.04 bits per heavy atom. The van der Waals surface area contributed by atoms with E-state index in [1.807, 2.05) is 0 Å². The van der Waals surface area contributed by atoms with Gasteiger partial charge in [0.1, 0.15) is 10.8 Å². The molecule has 2 aromatic rings. The molecule has 0 fully saturated rings. The minimum atomic E-state index is -4.64. The molecule has 1 unspecified atom stereocenters. The highest BCUT2D eigenvalue weighted by atomic mass is 79.9. The van der Waals surface area contributed by atoms with Crippen LogP contribution in [0.4, 0.5) is 17.6 Å². The van der Waals surface area contributed by atoms with E-state index in [-0.39, 0.29) is 25.5 Å². The number of hydrogen-bond acceptors (Lipinski definition) is 2. The number of rotatable bonds is 3. The lowest BCUT2D eigenvalue weighted by molar-refractivity contribution is -0.137. The number of imidazole rings is 1. The molecule has 1 atom stereocenters. The SMILES string of the molecule is O=S(c1cn(-c2c(Cl)cc(C(F)(F)F)cc2Cl)c(Br)n1)C(F)(Cl)Cl. The molecule has 0 saturated heterocycles. The highest BCUT2D eigenvalue weighted by molar-refractivity contribution is 9.10.